The zero-order valence-electron chi connectivity index (χ0n) is 13.1. The maximum atomic E-state index is 11.8. The molecule has 0 atom stereocenters. The van der Waals surface area contributed by atoms with Crippen molar-refractivity contribution in [3.8, 4) is 11.3 Å². The molecule has 0 saturated carbocycles. The molecule has 126 valence electrons. The van der Waals surface area contributed by atoms with Crippen LogP contribution in [-0.2, 0) is 14.3 Å². The van der Waals surface area contributed by atoms with Gasteiger partial charge in [-0.1, -0.05) is 28.1 Å². The predicted molar refractivity (Wildman–Crippen MR) is 92.5 cm³/mol. The molecular formula is C17H17BrN2O4. The fraction of sp³-hybridized carbons (Fsp3) is 0.294. The number of carbonyl (C=O) groups is 1. The standard InChI is InChI=1S/C17H17BrN2O4/c1-17(22-8-9-23-17)10-16(21)20-19-11-14-6-7-15(24-14)12-2-4-13(18)5-3-12/h2-7,11H,8-10H2,1H3,(H,20,21)/b19-11-. The Kier molecular flexibility index (Phi) is 5.13. The third-order valence-corrected chi connectivity index (χ3v) is 4.05. The summed E-state index contributed by atoms with van der Waals surface area (Å²) in [6, 6.07) is 11.4. The highest BCUT2D eigenvalue weighted by molar-refractivity contribution is 9.10. The summed E-state index contributed by atoms with van der Waals surface area (Å²) < 4.78 is 17.4. The van der Waals surface area contributed by atoms with Gasteiger partial charge in [-0.15, -0.1) is 0 Å². The number of nitrogens with zero attached hydrogens (tertiary/aromatic N) is 1. The molecule has 1 aromatic heterocycles. The molecule has 0 bridgehead atoms. The minimum Gasteiger partial charge on any atom is -0.455 e. The lowest BCUT2D eigenvalue weighted by Gasteiger charge is -2.20. The van der Waals surface area contributed by atoms with Crippen molar-refractivity contribution < 1.29 is 18.7 Å². The number of rotatable bonds is 5. The number of nitrogens with one attached hydrogen (secondary N) is 1. The fourth-order valence-electron chi connectivity index (χ4n) is 2.35. The summed E-state index contributed by atoms with van der Waals surface area (Å²) in [5, 5.41) is 3.90. The van der Waals surface area contributed by atoms with Gasteiger partial charge < -0.3 is 13.9 Å². The molecule has 7 heteroatoms. The number of ether oxygens (including phenoxy) is 2. The van der Waals surface area contributed by atoms with E-state index in [1.807, 2.05) is 30.3 Å². The Hall–Kier alpha value is -1.96. The van der Waals surface area contributed by atoms with E-state index in [9.17, 15) is 4.79 Å². The Bertz CT molecular complexity index is 733. The molecule has 1 amide bonds. The SMILES string of the molecule is CC1(CC(=O)N/N=C\c2ccc(-c3ccc(Br)cc3)o2)OCCO1. The molecule has 2 heterocycles. The molecule has 0 unspecified atom stereocenters. The van der Waals surface area contributed by atoms with Gasteiger partial charge in [-0.25, -0.2) is 5.43 Å². The zero-order valence-corrected chi connectivity index (χ0v) is 14.7. The lowest BCUT2D eigenvalue weighted by Crippen LogP contribution is -2.33. The quantitative estimate of drug-likeness (QED) is 0.625. The largest absolute Gasteiger partial charge is 0.455 e. The fourth-order valence-corrected chi connectivity index (χ4v) is 2.61. The van der Waals surface area contributed by atoms with E-state index in [2.05, 4.69) is 26.5 Å². The zero-order chi connectivity index (χ0) is 17.0. The summed E-state index contributed by atoms with van der Waals surface area (Å²) in [7, 11) is 0. The van der Waals surface area contributed by atoms with Crippen molar-refractivity contribution in [3.05, 3.63) is 46.6 Å². The number of hydrogen-bond donors (Lipinski definition) is 1. The number of furan rings is 1. The van der Waals surface area contributed by atoms with Gasteiger partial charge in [0.25, 0.3) is 0 Å². The lowest BCUT2D eigenvalue weighted by atomic mass is 10.2. The molecular weight excluding hydrogens is 376 g/mol. The maximum absolute atomic E-state index is 11.8. The lowest BCUT2D eigenvalue weighted by molar-refractivity contribution is -0.159. The van der Waals surface area contributed by atoms with E-state index in [0.29, 0.717) is 19.0 Å². The molecule has 1 fully saturated rings. The van der Waals surface area contributed by atoms with Gasteiger partial charge in [-0.2, -0.15) is 5.10 Å². The van der Waals surface area contributed by atoms with Crippen molar-refractivity contribution in [1.82, 2.24) is 5.43 Å². The van der Waals surface area contributed by atoms with Crippen LogP contribution in [0.1, 0.15) is 19.1 Å². The molecule has 0 aliphatic carbocycles. The molecule has 24 heavy (non-hydrogen) atoms. The van der Waals surface area contributed by atoms with Gasteiger partial charge in [0.2, 0.25) is 5.91 Å². The smallest absolute Gasteiger partial charge is 0.245 e. The summed E-state index contributed by atoms with van der Waals surface area (Å²) in [5.74, 6) is 0.137. The number of benzene rings is 1. The maximum Gasteiger partial charge on any atom is 0.245 e. The van der Waals surface area contributed by atoms with E-state index in [1.54, 1.807) is 13.0 Å². The number of hydrogen-bond acceptors (Lipinski definition) is 5. The van der Waals surface area contributed by atoms with Crippen molar-refractivity contribution in [2.24, 2.45) is 5.10 Å². The van der Waals surface area contributed by atoms with Gasteiger partial charge in [0.1, 0.15) is 11.5 Å². The number of hydrazone groups is 1. The van der Waals surface area contributed by atoms with Crippen molar-refractivity contribution in [2.75, 3.05) is 13.2 Å². The topological polar surface area (TPSA) is 73.1 Å². The molecule has 2 aromatic rings. The molecule has 0 radical (unpaired) electrons. The van der Waals surface area contributed by atoms with E-state index in [0.717, 1.165) is 15.8 Å². The van der Waals surface area contributed by atoms with Crippen molar-refractivity contribution in [2.45, 2.75) is 19.1 Å². The normalized spacial score (nSPS) is 16.6. The van der Waals surface area contributed by atoms with Crippen molar-refractivity contribution in [3.63, 3.8) is 0 Å². The number of amides is 1. The Balaban J connectivity index is 1.55. The van der Waals surface area contributed by atoms with Crippen LogP contribution in [0.15, 0.2) is 50.4 Å². The molecule has 6 nitrogen and oxygen atoms in total. The first-order valence-electron chi connectivity index (χ1n) is 7.50. The average Bonchev–Trinajstić information content (AvgIpc) is 3.17. The first-order valence-corrected chi connectivity index (χ1v) is 8.29. The first kappa shape index (κ1) is 16.9. The molecule has 1 aromatic carbocycles. The van der Waals surface area contributed by atoms with Gasteiger partial charge in [-0.05, 0) is 31.2 Å². The van der Waals surface area contributed by atoms with Gasteiger partial charge >= 0.3 is 0 Å². The number of halogens is 1. The predicted octanol–water partition coefficient (Wildman–Crippen LogP) is 3.31. The summed E-state index contributed by atoms with van der Waals surface area (Å²) in [5.41, 5.74) is 3.41. The van der Waals surface area contributed by atoms with E-state index in [4.69, 9.17) is 13.9 Å². The van der Waals surface area contributed by atoms with Crippen LogP contribution in [0.2, 0.25) is 0 Å². The summed E-state index contributed by atoms with van der Waals surface area (Å²) in [4.78, 5) is 11.8. The second kappa shape index (κ2) is 7.29. The first-order chi connectivity index (χ1) is 11.5. The van der Waals surface area contributed by atoms with E-state index in [1.165, 1.54) is 6.21 Å². The molecule has 1 aliphatic heterocycles. The summed E-state index contributed by atoms with van der Waals surface area (Å²) >= 11 is 3.40. The van der Waals surface area contributed by atoms with Gasteiger partial charge in [-0.3, -0.25) is 4.79 Å². The highest BCUT2D eigenvalue weighted by atomic mass is 79.9. The average molecular weight is 393 g/mol. The Morgan fingerprint density at radius 1 is 1.25 bits per heavy atom. The third kappa shape index (κ3) is 4.31. The van der Waals surface area contributed by atoms with Crippen LogP contribution in [-0.4, -0.2) is 31.1 Å². The minimum absolute atomic E-state index is 0.0899. The Morgan fingerprint density at radius 3 is 2.67 bits per heavy atom. The Labute approximate surface area is 148 Å². The number of carbonyl (C=O) groups excluding carboxylic acids is 1. The van der Waals surface area contributed by atoms with Crippen LogP contribution in [0, 0.1) is 0 Å². The van der Waals surface area contributed by atoms with Gasteiger partial charge in [0, 0.05) is 10.0 Å². The van der Waals surface area contributed by atoms with Crippen LogP contribution in [0.4, 0.5) is 0 Å². The molecule has 0 spiro atoms. The van der Waals surface area contributed by atoms with E-state index in [-0.39, 0.29) is 12.3 Å². The molecule has 1 saturated heterocycles. The summed E-state index contributed by atoms with van der Waals surface area (Å²) in [6.07, 6.45) is 1.55. The minimum atomic E-state index is -0.862. The van der Waals surface area contributed by atoms with Crippen LogP contribution in [0.25, 0.3) is 11.3 Å². The van der Waals surface area contributed by atoms with Crippen LogP contribution < -0.4 is 5.43 Å². The van der Waals surface area contributed by atoms with Gasteiger partial charge in [0.15, 0.2) is 5.79 Å². The molecule has 1 aliphatic rings. The van der Waals surface area contributed by atoms with Crippen LogP contribution >= 0.6 is 15.9 Å². The molecule has 1 N–H and O–H groups in total. The van der Waals surface area contributed by atoms with Crippen LogP contribution in [0.5, 0.6) is 0 Å². The van der Waals surface area contributed by atoms with E-state index >= 15 is 0 Å². The Morgan fingerprint density at radius 2 is 1.96 bits per heavy atom. The van der Waals surface area contributed by atoms with Crippen molar-refractivity contribution >= 4 is 28.1 Å². The van der Waals surface area contributed by atoms with Crippen LogP contribution in [0.3, 0.4) is 0 Å². The highest BCUT2D eigenvalue weighted by Gasteiger charge is 2.33. The second-order valence-electron chi connectivity index (χ2n) is 5.51. The van der Waals surface area contributed by atoms with Crippen molar-refractivity contribution in [1.29, 1.82) is 0 Å². The third-order valence-electron chi connectivity index (χ3n) is 3.52. The summed E-state index contributed by atoms with van der Waals surface area (Å²) in [6.45, 7) is 2.73. The highest BCUT2D eigenvalue weighted by Crippen LogP contribution is 2.24. The van der Waals surface area contributed by atoms with Gasteiger partial charge in [0.05, 0.1) is 25.8 Å². The molecule has 3 rings (SSSR count). The monoisotopic (exact) mass is 392 g/mol. The van der Waals surface area contributed by atoms with E-state index < -0.39 is 5.79 Å². The second-order valence-corrected chi connectivity index (χ2v) is 6.43.